The van der Waals surface area contributed by atoms with Gasteiger partial charge in [-0.1, -0.05) is 25.9 Å². The van der Waals surface area contributed by atoms with E-state index in [0.717, 1.165) is 25.9 Å². The highest BCUT2D eigenvalue weighted by Crippen LogP contribution is 2.35. The summed E-state index contributed by atoms with van der Waals surface area (Å²) < 4.78 is 33.5. The maximum Gasteiger partial charge on any atom is 0.244 e. The zero-order valence-electron chi connectivity index (χ0n) is 19.2. The van der Waals surface area contributed by atoms with Crippen molar-refractivity contribution in [2.75, 3.05) is 26.2 Å². The second-order valence-electron chi connectivity index (χ2n) is 9.33. The number of carbonyl (C=O) groups excluding carboxylic acids is 1. The van der Waals surface area contributed by atoms with Crippen LogP contribution in [0.15, 0.2) is 15.5 Å². The molecule has 4 rings (SSSR count). The second kappa shape index (κ2) is 9.23. The lowest BCUT2D eigenvalue weighted by atomic mass is 9.93. The van der Waals surface area contributed by atoms with Gasteiger partial charge in [0.2, 0.25) is 27.6 Å². The minimum atomic E-state index is -3.64. The summed E-state index contributed by atoms with van der Waals surface area (Å²) in [5.41, 5.74) is 0. The SMILES string of the molecule is Cc1sc(-c2noc(C(C)C)n2)cc1S(=O)(=O)N1CCC(C(=O)N2CCC(C)CC2)CC1. The fraction of sp³-hybridized carbons (Fsp3) is 0.682. The molecule has 2 saturated heterocycles. The summed E-state index contributed by atoms with van der Waals surface area (Å²) in [6, 6.07) is 1.65. The highest BCUT2D eigenvalue weighted by molar-refractivity contribution is 7.89. The molecule has 0 unspecified atom stereocenters. The molecule has 0 bridgehead atoms. The fourth-order valence-corrected chi connectivity index (χ4v) is 7.33. The first kappa shape index (κ1) is 23.4. The number of carbonyl (C=O) groups is 1. The van der Waals surface area contributed by atoms with E-state index in [0.29, 0.717) is 58.2 Å². The number of hydrogen-bond donors (Lipinski definition) is 0. The van der Waals surface area contributed by atoms with Crippen molar-refractivity contribution >= 4 is 27.3 Å². The van der Waals surface area contributed by atoms with Crippen LogP contribution in [-0.4, -0.2) is 59.8 Å². The number of nitrogens with zero attached hydrogens (tertiary/aromatic N) is 4. The van der Waals surface area contributed by atoms with Crippen LogP contribution in [0.5, 0.6) is 0 Å². The van der Waals surface area contributed by atoms with Crippen molar-refractivity contribution in [2.24, 2.45) is 11.8 Å². The van der Waals surface area contributed by atoms with Gasteiger partial charge in [0, 0.05) is 42.9 Å². The Bertz CT molecular complexity index is 1060. The van der Waals surface area contributed by atoms with E-state index in [9.17, 15) is 13.2 Å². The molecule has 0 N–H and O–H groups in total. The Morgan fingerprint density at radius 2 is 1.81 bits per heavy atom. The standard InChI is InChI=1S/C22H32N4O4S2/c1-14(2)21-23-20(24-30-21)18-13-19(16(4)31-18)32(28,29)26-11-7-17(8-12-26)22(27)25-9-5-15(3)6-10-25/h13-15,17H,5-12H2,1-4H3. The number of aryl methyl sites for hydroxylation is 1. The van der Waals surface area contributed by atoms with E-state index in [4.69, 9.17) is 4.52 Å². The summed E-state index contributed by atoms with van der Waals surface area (Å²) >= 11 is 1.36. The number of hydrogen-bond acceptors (Lipinski definition) is 7. The van der Waals surface area contributed by atoms with Gasteiger partial charge in [0.25, 0.3) is 0 Å². The third-order valence-electron chi connectivity index (χ3n) is 6.54. The molecule has 2 aliphatic rings. The predicted octanol–water partition coefficient (Wildman–Crippen LogP) is 3.89. The maximum absolute atomic E-state index is 13.4. The Hall–Kier alpha value is -1.78. The van der Waals surface area contributed by atoms with Crippen LogP contribution >= 0.6 is 11.3 Å². The minimum Gasteiger partial charge on any atom is -0.342 e. The van der Waals surface area contributed by atoms with E-state index in [1.165, 1.54) is 15.6 Å². The monoisotopic (exact) mass is 480 g/mol. The van der Waals surface area contributed by atoms with Crippen LogP contribution in [-0.2, 0) is 14.8 Å². The lowest BCUT2D eigenvalue weighted by molar-refractivity contribution is -0.138. The van der Waals surface area contributed by atoms with Crippen molar-refractivity contribution in [3.8, 4) is 10.7 Å². The quantitative estimate of drug-likeness (QED) is 0.644. The minimum absolute atomic E-state index is 0.0808. The van der Waals surface area contributed by atoms with Crippen LogP contribution in [0.3, 0.4) is 0 Å². The van der Waals surface area contributed by atoms with Crippen molar-refractivity contribution in [1.82, 2.24) is 19.3 Å². The van der Waals surface area contributed by atoms with Crippen LogP contribution in [0.2, 0.25) is 0 Å². The lowest BCUT2D eigenvalue weighted by Gasteiger charge is -2.36. The first-order valence-electron chi connectivity index (χ1n) is 11.4. The van der Waals surface area contributed by atoms with Gasteiger partial charge in [0.05, 0.1) is 9.77 Å². The van der Waals surface area contributed by atoms with E-state index in [1.54, 1.807) is 13.0 Å². The molecule has 0 aromatic carbocycles. The number of rotatable bonds is 5. The van der Waals surface area contributed by atoms with Crippen molar-refractivity contribution < 1.29 is 17.7 Å². The van der Waals surface area contributed by atoms with Crippen LogP contribution in [0.25, 0.3) is 10.7 Å². The first-order valence-corrected chi connectivity index (χ1v) is 13.7. The summed E-state index contributed by atoms with van der Waals surface area (Å²) in [4.78, 5) is 20.9. The van der Waals surface area contributed by atoms with Crippen LogP contribution in [0, 0.1) is 18.8 Å². The molecule has 0 aliphatic carbocycles. The molecule has 8 nitrogen and oxygen atoms in total. The molecule has 0 spiro atoms. The van der Waals surface area contributed by atoms with Crippen LogP contribution in [0.1, 0.15) is 63.1 Å². The largest absolute Gasteiger partial charge is 0.342 e. The van der Waals surface area contributed by atoms with Gasteiger partial charge < -0.3 is 9.42 Å². The van der Waals surface area contributed by atoms with Gasteiger partial charge in [-0.15, -0.1) is 11.3 Å². The highest BCUT2D eigenvalue weighted by Gasteiger charge is 2.36. The maximum atomic E-state index is 13.4. The van der Waals surface area contributed by atoms with Crippen molar-refractivity contribution in [3.05, 3.63) is 16.8 Å². The fourth-order valence-electron chi connectivity index (χ4n) is 4.37. The van der Waals surface area contributed by atoms with E-state index in [1.807, 2.05) is 18.7 Å². The van der Waals surface area contributed by atoms with E-state index < -0.39 is 10.0 Å². The van der Waals surface area contributed by atoms with Crippen molar-refractivity contribution in [2.45, 2.75) is 64.2 Å². The highest BCUT2D eigenvalue weighted by atomic mass is 32.2. The van der Waals surface area contributed by atoms with Gasteiger partial charge in [-0.2, -0.15) is 9.29 Å². The van der Waals surface area contributed by atoms with Crippen LogP contribution in [0.4, 0.5) is 0 Å². The average molecular weight is 481 g/mol. The summed E-state index contributed by atoms with van der Waals surface area (Å²) in [6.45, 7) is 10.3. The normalized spacial score (nSPS) is 19.7. The van der Waals surface area contributed by atoms with E-state index in [2.05, 4.69) is 17.1 Å². The molecule has 0 atom stereocenters. The van der Waals surface area contributed by atoms with Gasteiger partial charge in [-0.3, -0.25) is 4.79 Å². The van der Waals surface area contributed by atoms with E-state index in [-0.39, 0.29) is 17.7 Å². The number of sulfonamides is 1. The molecule has 10 heteroatoms. The number of piperidine rings is 2. The third kappa shape index (κ3) is 4.63. The summed E-state index contributed by atoms with van der Waals surface area (Å²) in [7, 11) is -3.64. The Labute approximate surface area is 194 Å². The number of likely N-dealkylation sites (tertiary alicyclic amines) is 1. The topological polar surface area (TPSA) is 96.6 Å². The zero-order valence-corrected chi connectivity index (χ0v) is 20.8. The predicted molar refractivity (Wildman–Crippen MR) is 123 cm³/mol. The molecule has 32 heavy (non-hydrogen) atoms. The number of amides is 1. The molecule has 176 valence electrons. The Kier molecular flexibility index (Phi) is 6.74. The molecule has 2 aromatic rings. The first-order chi connectivity index (χ1) is 15.2. The van der Waals surface area contributed by atoms with Gasteiger partial charge in [-0.05, 0) is 44.6 Å². The molecule has 2 aliphatic heterocycles. The van der Waals surface area contributed by atoms with Crippen molar-refractivity contribution in [3.63, 3.8) is 0 Å². The summed E-state index contributed by atoms with van der Waals surface area (Å²) in [6.07, 6.45) is 3.25. The Morgan fingerprint density at radius 1 is 1.16 bits per heavy atom. The van der Waals surface area contributed by atoms with Gasteiger partial charge in [-0.25, -0.2) is 8.42 Å². The molecule has 0 saturated carbocycles. The smallest absolute Gasteiger partial charge is 0.244 e. The molecular weight excluding hydrogens is 448 g/mol. The summed E-state index contributed by atoms with van der Waals surface area (Å²) in [5.74, 6) is 1.85. The molecule has 1 amide bonds. The Morgan fingerprint density at radius 3 is 2.41 bits per heavy atom. The Balaban J connectivity index is 1.43. The summed E-state index contributed by atoms with van der Waals surface area (Å²) in [5, 5.41) is 4.01. The zero-order chi connectivity index (χ0) is 23.0. The molecular formula is C22H32N4O4S2. The molecule has 0 radical (unpaired) electrons. The molecule has 2 fully saturated rings. The number of thiophene rings is 1. The van der Waals surface area contributed by atoms with Gasteiger partial charge >= 0.3 is 0 Å². The molecule has 2 aromatic heterocycles. The third-order valence-corrected chi connectivity index (χ3v) is 9.75. The number of aromatic nitrogens is 2. The van der Waals surface area contributed by atoms with Crippen molar-refractivity contribution in [1.29, 1.82) is 0 Å². The average Bonchev–Trinajstić information content (AvgIpc) is 3.41. The lowest BCUT2D eigenvalue weighted by Crippen LogP contribution is -2.46. The molecule has 4 heterocycles. The second-order valence-corrected chi connectivity index (χ2v) is 12.5. The van der Waals surface area contributed by atoms with Gasteiger partial charge in [0.1, 0.15) is 0 Å². The van der Waals surface area contributed by atoms with Crippen LogP contribution < -0.4 is 0 Å². The van der Waals surface area contributed by atoms with E-state index >= 15 is 0 Å². The van der Waals surface area contributed by atoms with Gasteiger partial charge in [0.15, 0.2) is 0 Å².